The van der Waals surface area contributed by atoms with Crippen molar-refractivity contribution in [1.82, 2.24) is 4.98 Å². The number of aromatic nitrogens is 1. The second-order valence-electron chi connectivity index (χ2n) is 5.31. The first-order valence-electron chi connectivity index (χ1n) is 6.55. The smallest absolute Gasteiger partial charge is 0.316 e. The van der Waals surface area contributed by atoms with Gasteiger partial charge in [0, 0.05) is 6.07 Å². The molecule has 0 bridgehead atoms. The van der Waals surface area contributed by atoms with Gasteiger partial charge in [-0.2, -0.15) is 0 Å². The minimum Gasteiger partial charge on any atom is -0.472 e. The number of carbonyl (C=O) groups excluding carboxylic acids is 1. The van der Waals surface area contributed by atoms with Crippen molar-refractivity contribution in [2.45, 2.75) is 31.6 Å². The number of halogens is 3. The third-order valence-electron chi connectivity index (χ3n) is 3.65. The van der Waals surface area contributed by atoms with Crippen LogP contribution in [0, 0.1) is 5.92 Å². The molecule has 1 aromatic rings. The van der Waals surface area contributed by atoms with Crippen molar-refractivity contribution in [3.63, 3.8) is 0 Å². The number of hydrogen-bond donors (Lipinski definition) is 0. The molecule has 4 nitrogen and oxygen atoms in total. The van der Waals surface area contributed by atoms with E-state index < -0.39 is 18.4 Å². The standard InChI is InChI=1S/C14H16ClF2NO3/c1-8-5-14(6-8,13(19)20-2)9-3-10(15)18-12(4-9)21-7-11(16)17/h3-4,8,11H,5-7H2,1-2H3. The third kappa shape index (κ3) is 3.26. The molecule has 0 radical (unpaired) electrons. The van der Waals surface area contributed by atoms with Crippen LogP contribution >= 0.6 is 11.6 Å². The molecule has 0 N–H and O–H groups in total. The fraction of sp³-hybridized carbons (Fsp3) is 0.571. The molecule has 116 valence electrons. The van der Waals surface area contributed by atoms with Crippen LogP contribution < -0.4 is 4.74 Å². The molecule has 0 spiro atoms. The fourth-order valence-electron chi connectivity index (χ4n) is 2.82. The highest BCUT2D eigenvalue weighted by atomic mass is 35.5. The minimum absolute atomic E-state index is 0.0133. The first-order chi connectivity index (χ1) is 9.87. The van der Waals surface area contributed by atoms with Crippen LogP contribution in [0.3, 0.4) is 0 Å². The quantitative estimate of drug-likeness (QED) is 0.617. The van der Waals surface area contributed by atoms with Crippen LogP contribution in [0.4, 0.5) is 8.78 Å². The average Bonchev–Trinajstić information content (AvgIpc) is 2.40. The van der Waals surface area contributed by atoms with E-state index in [9.17, 15) is 13.6 Å². The molecule has 0 amide bonds. The predicted molar refractivity (Wildman–Crippen MR) is 72.8 cm³/mol. The summed E-state index contributed by atoms with van der Waals surface area (Å²) in [5.74, 6) is 0.00443. The second kappa shape index (κ2) is 6.13. The summed E-state index contributed by atoms with van der Waals surface area (Å²) < 4.78 is 34.2. The van der Waals surface area contributed by atoms with E-state index in [0.29, 0.717) is 24.3 Å². The molecule has 7 heteroatoms. The summed E-state index contributed by atoms with van der Waals surface area (Å²) in [6.07, 6.45) is -1.37. The van der Waals surface area contributed by atoms with E-state index in [4.69, 9.17) is 21.1 Å². The van der Waals surface area contributed by atoms with Gasteiger partial charge in [-0.05, 0) is 30.4 Å². The molecule has 1 aliphatic rings. The summed E-state index contributed by atoms with van der Waals surface area (Å²) in [6.45, 7) is 1.26. The first-order valence-corrected chi connectivity index (χ1v) is 6.92. The predicted octanol–water partition coefficient (Wildman–Crippen LogP) is 3.22. The number of alkyl halides is 2. The maximum absolute atomic E-state index is 12.2. The van der Waals surface area contributed by atoms with Crippen LogP contribution in [0.2, 0.25) is 5.15 Å². The molecule has 1 heterocycles. The maximum Gasteiger partial charge on any atom is 0.316 e. The molecule has 1 aliphatic carbocycles. The molecule has 1 aromatic heterocycles. The topological polar surface area (TPSA) is 48.4 Å². The van der Waals surface area contributed by atoms with Gasteiger partial charge in [-0.25, -0.2) is 13.8 Å². The van der Waals surface area contributed by atoms with Crippen molar-refractivity contribution >= 4 is 17.6 Å². The molecule has 0 unspecified atom stereocenters. The lowest BCUT2D eigenvalue weighted by molar-refractivity contribution is -0.153. The first kappa shape index (κ1) is 15.9. The van der Waals surface area contributed by atoms with E-state index in [1.54, 1.807) is 6.07 Å². The van der Waals surface area contributed by atoms with Crippen LogP contribution in [0.1, 0.15) is 25.3 Å². The van der Waals surface area contributed by atoms with Gasteiger partial charge >= 0.3 is 5.97 Å². The Hall–Kier alpha value is -1.43. The van der Waals surface area contributed by atoms with Crippen molar-refractivity contribution in [2.24, 2.45) is 5.92 Å². The highest BCUT2D eigenvalue weighted by molar-refractivity contribution is 6.29. The Morgan fingerprint density at radius 1 is 1.52 bits per heavy atom. The van der Waals surface area contributed by atoms with Gasteiger partial charge in [0.25, 0.3) is 6.43 Å². The lowest BCUT2D eigenvalue weighted by Crippen LogP contribution is -2.47. The fourth-order valence-corrected chi connectivity index (χ4v) is 3.02. The summed E-state index contributed by atoms with van der Waals surface area (Å²) in [5, 5.41) is 0.0968. The Labute approximate surface area is 126 Å². The zero-order valence-corrected chi connectivity index (χ0v) is 12.5. The largest absolute Gasteiger partial charge is 0.472 e. The highest BCUT2D eigenvalue weighted by Crippen LogP contribution is 2.49. The third-order valence-corrected chi connectivity index (χ3v) is 3.84. The molecular weight excluding hydrogens is 304 g/mol. The Balaban J connectivity index is 2.31. The molecular formula is C14H16ClF2NO3. The number of rotatable bonds is 5. The molecule has 0 saturated heterocycles. The van der Waals surface area contributed by atoms with Gasteiger partial charge in [-0.15, -0.1) is 0 Å². The average molecular weight is 320 g/mol. The normalized spacial score (nSPS) is 24.6. The number of ether oxygens (including phenoxy) is 2. The SMILES string of the molecule is COC(=O)C1(c2cc(Cl)nc(OCC(F)F)c2)CC(C)C1. The van der Waals surface area contributed by atoms with Crippen LogP contribution in [0.15, 0.2) is 12.1 Å². The van der Waals surface area contributed by atoms with E-state index in [2.05, 4.69) is 4.98 Å². The van der Waals surface area contributed by atoms with E-state index in [1.165, 1.54) is 13.2 Å². The Bertz CT molecular complexity index is 533. The zero-order valence-electron chi connectivity index (χ0n) is 11.7. The molecule has 1 saturated carbocycles. The maximum atomic E-state index is 12.2. The van der Waals surface area contributed by atoms with Crippen molar-refractivity contribution in [3.8, 4) is 5.88 Å². The Morgan fingerprint density at radius 2 is 2.19 bits per heavy atom. The van der Waals surface area contributed by atoms with Gasteiger partial charge in [-0.1, -0.05) is 18.5 Å². The van der Waals surface area contributed by atoms with Gasteiger partial charge in [0.1, 0.15) is 5.15 Å². The number of pyridine rings is 1. The lowest BCUT2D eigenvalue weighted by Gasteiger charge is -2.44. The second-order valence-corrected chi connectivity index (χ2v) is 5.69. The van der Waals surface area contributed by atoms with E-state index >= 15 is 0 Å². The summed E-state index contributed by atoms with van der Waals surface area (Å²) >= 11 is 5.91. The van der Waals surface area contributed by atoms with Gasteiger partial charge in [0.15, 0.2) is 6.61 Å². The van der Waals surface area contributed by atoms with Crippen molar-refractivity contribution in [2.75, 3.05) is 13.7 Å². The zero-order chi connectivity index (χ0) is 15.6. The van der Waals surface area contributed by atoms with E-state index in [1.807, 2.05) is 6.92 Å². The molecule has 1 fully saturated rings. The summed E-state index contributed by atoms with van der Waals surface area (Å²) in [7, 11) is 1.32. The van der Waals surface area contributed by atoms with Crippen LogP contribution in [0.25, 0.3) is 0 Å². The number of esters is 1. The Kier molecular flexibility index (Phi) is 4.66. The van der Waals surface area contributed by atoms with Crippen molar-refractivity contribution < 1.29 is 23.0 Å². The van der Waals surface area contributed by atoms with E-state index in [0.717, 1.165) is 0 Å². The minimum atomic E-state index is -2.60. The van der Waals surface area contributed by atoms with Gasteiger partial charge in [0.05, 0.1) is 12.5 Å². The molecule has 2 rings (SSSR count). The van der Waals surface area contributed by atoms with Crippen molar-refractivity contribution in [1.29, 1.82) is 0 Å². The summed E-state index contributed by atoms with van der Waals surface area (Å²) in [5.41, 5.74) is -0.194. The molecule has 0 atom stereocenters. The Morgan fingerprint density at radius 3 is 2.71 bits per heavy atom. The van der Waals surface area contributed by atoms with Gasteiger partial charge < -0.3 is 9.47 Å². The number of carbonyl (C=O) groups is 1. The van der Waals surface area contributed by atoms with Gasteiger partial charge in [-0.3, -0.25) is 4.79 Å². The molecule has 21 heavy (non-hydrogen) atoms. The summed E-state index contributed by atoms with van der Waals surface area (Å²) in [6, 6.07) is 3.04. The van der Waals surface area contributed by atoms with Crippen LogP contribution in [0.5, 0.6) is 5.88 Å². The number of nitrogens with zero attached hydrogens (tertiary/aromatic N) is 1. The van der Waals surface area contributed by atoms with Gasteiger partial charge in [0.2, 0.25) is 5.88 Å². The number of methoxy groups -OCH3 is 1. The van der Waals surface area contributed by atoms with E-state index in [-0.39, 0.29) is 17.0 Å². The lowest BCUT2D eigenvalue weighted by atomic mass is 9.59. The molecule has 0 aliphatic heterocycles. The monoisotopic (exact) mass is 319 g/mol. The highest BCUT2D eigenvalue weighted by Gasteiger charge is 2.51. The van der Waals surface area contributed by atoms with Crippen LogP contribution in [-0.4, -0.2) is 31.1 Å². The molecule has 0 aromatic carbocycles. The van der Waals surface area contributed by atoms with Crippen LogP contribution in [-0.2, 0) is 14.9 Å². The number of hydrogen-bond acceptors (Lipinski definition) is 4. The van der Waals surface area contributed by atoms with Crippen molar-refractivity contribution in [3.05, 3.63) is 22.8 Å². The summed E-state index contributed by atoms with van der Waals surface area (Å²) in [4.78, 5) is 15.9.